The number of rotatable bonds is 5. The fraction of sp³-hybridized carbons (Fsp3) is 0.462. The minimum Gasteiger partial charge on any atom is -0.494 e. The summed E-state index contributed by atoms with van der Waals surface area (Å²) >= 11 is 0. The predicted octanol–water partition coefficient (Wildman–Crippen LogP) is 1.50. The Labute approximate surface area is 126 Å². The van der Waals surface area contributed by atoms with E-state index in [0.29, 0.717) is 0 Å². The summed E-state index contributed by atoms with van der Waals surface area (Å²) in [5, 5.41) is 0. The van der Waals surface area contributed by atoms with Crippen LogP contribution in [0.4, 0.5) is 14.0 Å². The van der Waals surface area contributed by atoms with Crippen LogP contribution in [0.3, 0.4) is 0 Å². The van der Waals surface area contributed by atoms with E-state index in [2.05, 4.69) is 0 Å². The van der Waals surface area contributed by atoms with Gasteiger partial charge in [0.15, 0.2) is 11.6 Å². The molecular formula is C13H15F2NO5S. The Morgan fingerprint density at radius 2 is 1.91 bits per heavy atom. The summed E-state index contributed by atoms with van der Waals surface area (Å²) in [5.74, 6) is -2.37. The summed E-state index contributed by atoms with van der Waals surface area (Å²) < 4.78 is 57.9. The lowest BCUT2D eigenvalue weighted by molar-refractivity contribution is -0.117. The average molecular weight is 335 g/mol. The lowest BCUT2D eigenvalue weighted by Crippen LogP contribution is -2.26. The van der Waals surface area contributed by atoms with Gasteiger partial charge in [-0.25, -0.2) is 4.39 Å². The molecular weight excluding hydrogens is 320 g/mol. The van der Waals surface area contributed by atoms with Crippen molar-refractivity contribution in [2.24, 2.45) is 5.92 Å². The molecule has 1 aromatic carbocycles. The first-order chi connectivity index (χ1) is 10.2. The summed E-state index contributed by atoms with van der Waals surface area (Å²) in [5.41, 5.74) is 0.157. The molecule has 122 valence electrons. The molecule has 1 amide bonds. The first kappa shape index (κ1) is 16.5. The number of amides is 1. The van der Waals surface area contributed by atoms with Gasteiger partial charge in [0.25, 0.3) is 0 Å². The molecule has 1 aliphatic heterocycles. The van der Waals surface area contributed by atoms with Gasteiger partial charge in [0.05, 0.1) is 25.7 Å². The SMILES string of the molecule is COc1cc(OC)c(N2CC(CS(=O)(=O)F)CC2=O)cc1F. The van der Waals surface area contributed by atoms with Gasteiger partial charge in [0.1, 0.15) is 5.75 Å². The van der Waals surface area contributed by atoms with E-state index >= 15 is 0 Å². The van der Waals surface area contributed by atoms with Gasteiger partial charge in [0, 0.05) is 31.0 Å². The maximum Gasteiger partial charge on any atom is 0.302 e. The van der Waals surface area contributed by atoms with E-state index in [1.165, 1.54) is 25.2 Å². The number of carbonyl (C=O) groups is 1. The first-order valence-corrected chi connectivity index (χ1v) is 7.94. The van der Waals surface area contributed by atoms with Gasteiger partial charge < -0.3 is 14.4 Å². The van der Waals surface area contributed by atoms with Crippen LogP contribution in [0, 0.1) is 11.7 Å². The van der Waals surface area contributed by atoms with Crippen LogP contribution < -0.4 is 14.4 Å². The smallest absolute Gasteiger partial charge is 0.302 e. The highest BCUT2D eigenvalue weighted by atomic mass is 32.3. The minimum absolute atomic E-state index is 0.0237. The number of hydrogen-bond donors (Lipinski definition) is 0. The number of methoxy groups -OCH3 is 2. The van der Waals surface area contributed by atoms with Crippen LogP contribution in [0.15, 0.2) is 12.1 Å². The van der Waals surface area contributed by atoms with Crippen LogP contribution in [0.1, 0.15) is 6.42 Å². The summed E-state index contributed by atoms with van der Waals surface area (Å²) in [6, 6.07) is 2.36. The first-order valence-electron chi connectivity index (χ1n) is 6.39. The van der Waals surface area contributed by atoms with Crippen LogP contribution >= 0.6 is 0 Å². The highest BCUT2D eigenvalue weighted by molar-refractivity contribution is 7.86. The molecule has 0 bridgehead atoms. The van der Waals surface area contributed by atoms with Crippen molar-refractivity contribution >= 4 is 21.8 Å². The van der Waals surface area contributed by atoms with E-state index in [1.54, 1.807) is 0 Å². The molecule has 0 aromatic heterocycles. The molecule has 1 heterocycles. The molecule has 0 aliphatic carbocycles. The average Bonchev–Trinajstić information content (AvgIpc) is 2.76. The Morgan fingerprint density at radius 1 is 1.27 bits per heavy atom. The Bertz CT molecular complexity index is 692. The number of nitrogens with zero attached hydrogens (tertiary/aromatic N) is 1. The molecule has 1 saturated heterocycles. The highest BCUT2D eigenvalue weighted by Crippen LogP contribution is 2.37. The van der Waals surface area contributed by atoms with Crippen LogP contribution in [0.2, 0.25) is 0 Å². The molecule has 1 unspecified atom stereocenters. The van der Waals surface area contributed by atoms with E-state index in [4.69, 9.17) is 9.47 Å². The predicted molar refractivity (Wildman–Crippen MR) is 74.9 cm³/mol. The van der Waals surface area contributed by atoms with Crippen molar-refractivity contribution in [3.63, 3.8) is 0 Å². The number of benzene rings is 1. The number of ether oxygens (including phenoxy) is 2. The summed E-state index contributed by atoms with van der Waals surface area (Å²) in [6.07, 6.45) is -0.125. The van der Waals surface area contributed by atoms with Crippen LogP contribution in [-0.4, -0.2) is 40.8 Å². The molecule has 1 aromatic rings. The second kappa shape index (κ2) is 6.07. The lowest BCUT2D eigenvalue weighted by Gasteiger charge is -2.20. The second-order valence-electron chi connectivity index (χ2n) is 4.94. The standard InChI is InChI=1S/C13H15F2NO5S/c1-20-11-5-12(21-2)10(4-9(11)14)16-6-8(3-13(16)17)7-22(15,18)19/h4-5,8H,3,6-7H2,1-2H3. The molecule has 9 heteroatoms. The van der Waals surface area contributed by atoms with Gasteiger partial charge in [-0.3, -0.25) is 4.79 Å². The van der Waals surface area contributed by atoms with Gasteiger partial charge in [0.2, 0.25) is 5.91 Å². The van der Waals surface area contributed by atoms with Crippen molar-refractivity contribution in [1.29, 1.82) is 0 Å². The van der Waals surface area contributed by atoms with Crippen LogP contribution in [0.5, 0.6) is 11.5 Å². The van der Waals surface area contributed by atoms with Crippen LogP contribution in [-0.2, 0) is 15.0 Å². The van der Waals surface area contributed by atoms with E-state index < -0.39 is 33.6 Å². The van der Waals surface area contributed by atoms with Crippen molar-refractivity contribution in [1.82, 2.24) is 0 Å². The van der Waals surface area contributed by atoms with E-state index in [1.807, 2.05) is 0 Å². The number of halogens is 2. The fourth-order valence-corrected chi connectivity index (χ4v) is 3.25. The quantitative estimate of drug-likeness (QED) is 0.763. The Hall–Kier alpha value is -1.90. The van der Waals surface area contributed by atoms with Crippen molar-refractivity contribution in [2.45, 2.75) is 6.42 Å². The largest absolute Gasteiger partial charge is 0.494 e. The molecule has 1 aliphatic rings. The Morgan fingerprint density at radius 3 is 2.45 bits per heavy atom. The molecule has 22 heavy (non-hydrogen) atoms. The van der Waals surface area contributed by atoms with Crippen molar-refractivity contribution in [2.75, 3.05) is 31.4 Å². The Balaban J connectivity index is 2.32. The zero-order chi connectivity index (χ0) is 16.5. The normalized spacial score (nSPS) is 18.6. The lowest BCUT2D eigenvalue weighted by atomic mass is 10.1. The van der Waals surface area contributed by atoms with Crippen molar-refractivity contribution < 1.29 is 31.0 Å². The maximum absolute atomic E-state index is 13.8. The molecule has 6 nitrogen and oxygen atoms in total. The van der Waals surface area contributed by atoms with E-state index in [0.717, 1.165) is 6.07 Å². The molecule has 2 rings (SSSR count). The second-order valence-corrected chi connectivity index (χ2v) is 6.35. The maximum atomic E-state index is 13.8. The van der Waals surface area contributed by atoms with Crippen molar-refractivity contribution in [3.05, 3.63) is 17.9 Å². The Kier molecular flexibility index (Phi) is 4.55. The number of hydrogen-bond acceptors (Lipinski definition) is 5. The fourth-order valence-electron chi connectivity index (χ4n) is 2.46. The van der Waals surface area contributed by atoms with Gasteiger partial charge in [-0.15, -0.1) is 3.89 Å². The third-order valence-corrected chi connectivity index (χ3v) is 4.25. The van der Waals surface area contributed by atoms with E-state index in [9.17, 15) is 21.5 Å². The van der Waals surface area contributed by atoms with Gasteiger partial charge in [-0.05, 0) is 0 Å². The minimum atomic E-state index is -4.68. The molecule has 0 saturated carbocycles. The van der Waals surface area contributed by atoms with E-state index in [-0.39, 0.29) is 30.2 Å². The number of anilines is 1. The van der Waals surface area contributed by atoms with Crippen LogP contribution in [0.25, 0.3) is 0 Å². The summed E-state index contributed by atoms with van der Waals surface area (Å²) in [7, 11) is -2.04. The topological polar surface area (TPSA) is 72.9 Å². The molecule has 1 atom stereocenters. The molecule has 0 spiro atoms. The zero-order valence-corrected chi connectivity index (χ0v) is 12.8. The third-order valence-electron chi connectivity index (χ3n) is 3.38. The zero-order valence-electron chi connectivity index (χ0n) is 12.0. The van der Waals surface area contributed by atoms with Gasteiger partial charge in [-0.1, -0.05) is 0 Å². The van der Waals surface area contributed by atoms with Crippen molar-refractivity contribution in [3.8, 4) is 11.5 Å². The molecule has 0 N–H and O–H groups in total. The molecule has 0 radical (unpaired) electrons. The summed E-state index contributed by atoms with van der Waals surface area (Å²) in [4.78, 5) is 13.2. The monoisotopic (exact) mass is 335 g/mol. The summed E-state index contributed by atoms with van der Waals surface area (Å²) in [6.45, 7) is -0.0237. The number of carbonyl (C=O) groups excluding carboxylic acids is 1. The molecule has 1 fully saturated rings. The third kappa shape index (κ3) is 3.46. The highest BCUT2D eigenvalue weighted by Gasteiger charge is 2.35. The van der Waals surface area contributed by atoms with Gasteiger partial charge >= 0.3 is 10.2 Å². The van der Waals surface area contributed by atoms with Gasteiger partial charge in [-0.2, -0.15) is 8.42 Å².